The zero-order valence-electron chi connectivity index (χ0n) is 16.9. The highest BCUT2D eigenvalue weighted by atomic mass is 35.5. The van der Waals surface area contributed by atoms with Crippen LogP contribution in [0.15, 0.2) is 35.0 Å². The number of ether oxygens (including phenoxy) is 3. The van der Waals surface area contributed by atoms with Gasteiger partial charge >= 0.3 is 0 Å². The van der Waals surface area contributed by atoms with E-state index >= 15 is 0 Å². The predicted molar refractivity (Wildman–Crippen MR) is 112 cm³/mol. The molecule has 2 N–H and O–H groups in total. The van der Waals surface area contributed by atoms with Gasteiger partial charge in [0.1, 0.15) is 28.5 Å². The van der Waals surface area contributed by atoms with Gasteiger partial charge < -0.3 is 23.6 Å². The molecule has 0 radical (unpaired) electrons. The Kier molecular flexibility index (Phi) is 5.63. The number of methoxy groups -OCH3 is 3. The van der Waals surface area contributed by atoms with E-state index in [9.17, 15) is 4.79 Å². The summed E-state index contributed by atoms with van der Waals surface area (Å²) in [7, 11) is 4.67. The third kappa shape index (κ3) is 4.10. The summed E-state index contributed by atoms with van der Waals surface area (Å²) in [6.45, 7) is 0. The Morgan fingerprint density at radius 1 is 1.13 bits per heavy atom. The van der Waals surface area contributed by atoms with E-state index in [1.807, 2.05) is 0 Å². The number of rotatable bonds is 7. The molecule has 160 valence electrons. The van der Waals surface area contributed by atoms with Crippen molar-refractivity contribution in [2.24, 2.45) is 0 Å². The molecular weight excluding hydrogens is 426 g/mol. The summed E-state index contributed by atoms with van der Waals surface area (Å²) in [6, 6.07) is 6.76. The van der Waals surface area contributed by atoms with Crippen LogP contribution in [0, 0.1) is 0 Å². The number of halogens is 1. The molecule has 10 nitrogen and oxygen atoms in total. The Labute approximate surface area is 181 Å². The van der Waals surface area contributed by atoms with Crippen LogP contribution in [-0.4, -0.2) is 47.2 Å². The molecule has 0 bridgehead atoms. The number of imidazole rings is 1. The highest BCUT2D eigenvalue weighted by molar-refractivity contribution is 6.33. The first-order valence-electron chi connectivity index (χ1n) is 9.08. The predicted octanol–water partition coefficient (Wildman–Crippen LogP) is 3.47. The van der Waals surface area contributed by atoms with Crippen molar-refractivity contribution >= 4 is 34.6 Å². The molecule has 0 atom stereocenters. The molecule has 11 heteroatoms. The molecule has 0 fully saturated rings. The van der Waals surface area contributed by atoms with Gasteiger partial charge in [-0.3, -0.25) is 10.1 Å². The van der Waals surface area contributed by atoms with E-state index in [1.165, 1.54) is 6.33 Å². The van der Waals surface area contributed by atoms with Crippen LogP contribution < -0.4 is 19.5 Å². The number of benzene rings is 1. The van der Waals surface area contributed by atoms with Gasteiger partial charge in [0.25, 0.3) is 5.91 Å². The summed E-state index contributed by atoms with van der Waals surface area (Å²) < 4.78 is 21.9. The maximum Gasteiger partial charge on any atom is 0.293 e. The van der Waals surface area contributed by atoms with E-state index < -0.39 is 5.91 Å². The Morgan fingerprint density at radius 3 is 2.55 bits per heavy atom. The van der Waals surface area contributed by atoms with Crippen LogP contribution in [0.1, 0.15) is 21.9 Å². The largest absolute Gasteiger partial charge is 0.496 e. The first-order valence-corrected chi connectivity index (χ1v) is 9.45. The number of carbonyl (C=O) groups is 1. The molecule has 31 heavy (non-hydrogen) atoms. The van der Waals surface area contributed by atoms with Crippen molar-refractivity contribution in [1.29, 1.82) is 0 Å². The summed E-state index contributed by atoms with van der Waals surface area (Å²) in [6.07, 6.45) is 1.78. The first-order chi connectivity index (χ1) is 15.0. The average molecular weight is 444 g/mol. The second kappa shape index (κ2) is 8.52. The second-order valence-electron chi connectivity index (χ2n) is 6.35. The van der Waals surface area contributed by atoms with E-state index in [0.29, 0.717) is 40.6 Å². The summed E-state index contributed by atoms with van der Waals surface area (Å²) in [5.74, 6) is 1.88. The molecule has 1 amide bonds. The van der Waals surface area contributed by atoms with Crippen LogP contribution in [0.2, 0.25) is 5.15 Å². The lowest BCUT2D eigenvalue weighted by Gasteiger charge is -2.14. The molecule has 0 spiro atoms. The number of anilines is 1. The first kappa shape index (κ1) is 20.5. The number of amides is 1. The van der Waals surface area contributed by atoms with E-state index in [1.54, 1.807) is 45.6 Å². The average Bonchev–Trinajstić information content (AvgIpc) is 3.43. The number of nitrogens with zero attached hydrogens (tertiary/aromatic N) is 3. The maximum absolute atomic E-state index is 12.6. The van der Waals surface area contributed by atoms with E-state index in [-0.39, 0.29) is 16.9 Å². The number of H-pyrrole nitrogens is 1. The fraction of sp³-hybridized carbons (Fsp3) is 0.200. The van der Waals surface area contributed by atoms with Crippen LogP contribution in [0.4, 0.5) is 5.95 Å². The highest BCUT2D eigenvalue weighted by Crippen LogP contribution is 2.36. The molecule has 0 saturated heterocycles. The monoisotopic (exact) mass is 443 g/mol. The van der Waals surface area contributed by atoms with Crippen molar-refractivity contribution in [3.05, 3.63) is 52.8 Å². The minimum Gasteiger partial charge on any atom is -0.496 e. The van der Waals surface area contributed by atoms with Gasteiger partial charge in [0.2, 0.25) is 5.95 Å². The lowest BCUT2D eigenvalue weighted by atomic mass is 10.1. The van der Waals surface area contributed by atoms with Gasteiger partial charge in [-0.2, -0.15) is 9.97 Å². The number of carbonyl (C=O) groups excluding carboxylic acids is 1. The zero-order valence-corrected chi connectivity index (χ0v) is 17.6. The van der Waals surface area contributed by atoms with Crippen LogP contribution in [0.5, 0.6) is 17.2 Å². The normalized spacial score (nSPS) is 10.8. The van der Waals surface area contributed by atoms with Gasteiger partial charge in [-0.25, -0.2) is 4.98 Å². The van der Waals surface area contributed by atoms with Crippen molar-refractivity contribution in [2.45, 2.75) is 6.42 Å². The number of nitrogens with one attached hydrogen (secondary N) is 2. The molecule has 0 aliphatic heterocycles. The van der Waals surface area contributed by atoms with Gasteiger partial charge in [0.05, 0.1) is 27.7 Å². The quantitative estimate of drug-likeness (QED) is 0.416. The van der Waals surface area contributed by atoms with Crippen LogP contribution >= 0.6 is 11.6 Å². The summed E-state index contributed by atoms with van der Waals surface area (Å²) >= 11 is 6.08. The van der Waals surface area contributed by atoms with Gasteiger partial charge in [0.15, 0.2) is 16.6 Å². The summed E-state index contributed by atoms with van der Waals surface area (Å²) in [4.78, 5) is 27.6. The molecule has 0 aliphatic carbocycles. The van der Waals surface area contributed by atoms with Gasteiger partial charge in [-0.15, -0.1) is 0 Å². The molecule has 4 aromatic rings. The lowest BCUT2D eigenvalue weighted by Crippen LogP contribution is -2.13. The Bertz CT molecular complexity index is 1230. The number of aromatic nitrogens is 4. The molecule has 0 aliphatic rings. The van der Waals surface area contributed by atoms with Crippen molar-refractivity contribution in [3.8, 4) is 17.2 Å². The van der Waals surface area contributed by atoms with Gasteiger partial charge in [-0.1, -0.05) is 11.6 Å². The summed E-state index contributed by atoms with van der Waals surface area (Å²) in [5.41, 5.74) is 1.59. The molecule has 0 unspecified atom stereocenters. The number of aromatic amines is 1. The van der Waals surface area contributed by atoms with Crippen LogP contribution in [0.3, 0.4) is 0 Å². The lowest BCUT2D eigenvalue weighted by molar-refractivity contribution is 0.0994. The maximum atomic E-state index is 12.6. The Balaban J connectivity index is 1.55. The topological polar surface area (TPSA) is 124 Å². The number of hydrogen-bond donors (Lipinski definition) is 2. The number of fused-ring (bicyclic) bond motifs is 1. The third-order valence-electron chi connectivity index (χ3n) is 4.52. The SMILES string of the molecule is COc1cc(OC)c(Cc2ccc(C(=O)Nc3nc(Cl)c4[nH]cnc4n3)o2)c(OC)c1. The molecule has 1 aromatic carbocycles. The molecule has 4 rings (SSSR count). The highest BCUT2D eigenvalue weighted by Gasteiger charge is 2.18. The van der Waals surface area contributed by atoms with Crippen molar-refractivity contribution in [1.82, 2.24) is 19.9 Å². The van der Waals surface area contributed by atoms with Gasteiger partial charge in [0, 0.05) is 24.1 Å². The fourth-order valence-electron chi connectivity index (χ4n) is 3.04. The number of furan rings is 1. The van der Waals surface area contributed by atoms with E-state index in [0.717, 1.165) is 5.56 Å². The Morgan fingerprint density at radius 2 is 1.87 bits per heavy atom. The molecular formula is C20H18ClN5O5. The Hall–Kier alpha value is -3.79. The second-order valence-corrected chi connectivity index (χ2v) is 6.70. The third-order valence-corrected chi connectivity index (χ3v) is 4.79. The minimum atomic E-state index is -0.522. The smallest absolute Gasteiger partial charge is 0.293 e. The van der Waals surface area contributed by atoms with Gasteiger partial charge in [-0.05, 0) is 12.1 Å². The van der Waals surface area contributed by atoms with E-state index in [4.69, 9.17) is 30.2 Å². The van der Waals surface area contributed by atoms with Crippen molar-refractivity contribution < 1.29 is 23.4 Å². The molecule has 3 aromatic heterocycles. The standard InChI is InChI=1S/C20H18ClN5O5/c1-28-11-7-14(29-2)12(15(8-11)30-3)6-10-4-5-13(31-10)19(27)26-20-24-17(21)16-18(25-20)23-9-22-16/h4-5,7-9H,6H2,1-3H3,(H2,22,23,24,25,26,27). The van der Waals surface area contributed by atoms with Crippen LogP contribution in [-0.2, 0) is 6.42 Å². The molecule has 0 saturated carbocycles. The van der Waals surface area contributed by atoms with Crippen molar-refractivity contribution in [3.63, 3.8) is 0 Å². The van der Waals surface area contributed by atoms with Crippen LogP contribution in [0.25, 0.3) is 11.2 Å². The fourth-order valence-corrected chi connectivity index (χ4v) is 3.26. The van der Waals surface area contributed by atoms with E-state index in [2.05, 4.69) is 25.3 Å². The van der Waals surface area contributed by atoms with Crippen molar-refractivity contribution in [2.75, 3.05) is 26.6 Å². The molecule has 3 heterocycles. The number of hydrogen-bond acceptors (Lipinski definition) is 8. The summed E-state index contributed by atoms with van der Waals surface area (Å²) in [5, 5.41) is 2.71. The zero-order chi connectivity index (χ0) is 22.0. The minimum absolute atomic E-state index is 0.0195.